The van der Waals surface area contributed by atoms with Crippen LogP contribution in [0.25, 0.3) is 0 Å². The van der Waals surface area contributed by atoms with E-state index >= 15 is 0 Å². The molecule has 2 heterocycles. The maximum absolute atomic E-state index is 6.02. The largest absolute Gasteiger partial charge is 0.489 e. The molecule has 0 amide bonds. The normalized spacial score (nSPS) is 18.2. The lowest BCUT2D eigenvalue weighted by Gasteiger charge is -2.35. The van der Waals surface area contributed by atoms with E-state index in [1.165, 1.54) is 31.4 Å². The van der Waals surface area contributed by atoms with E-state index in [0.29, 0.717) is 12.6 Å². The van der Waals surface area contributed by atoms with Crippen molar-refractivity contribution >= 4 is 0 Å². The summed E-state index contributed by atoms with van der Waals surface area (Å²) in [6.07, 6.45) is 7.64. The van der Waals surface area contributed by atoms with Gasteiger partial charge in [0.25, 0.3) is 0 Å². The number of aromatic nitrogens is 1. The summed E-state index contributed by atoms with van der Waals surface area (Å²) in [5.41, 5.74) is 2.30. The van der Waals surface area contributed by atoms with Gasteiger partial charge in [-0.15, -0.1) is 0 Å². The van der Waals surface area contributed by atoms with E-state index in [1.54, 1.807) is 6.20 Å². The van der Waals surface area contributed by atoms with Crippen molar-refractivity contribution in [1.29, 1.82) is 0 Å². The zero-order valence-corrected chi connectivity index (χ0v) is 15.2. The third kappa shape index (κ3) is 5.28. The van der Waals surface area contributed by atoms with Crippen molar-refractivity contribution in [2.75, 3.05) is 19.6 Å². The molecule has 2 aromatic rings. The van der Waals surface area contributed by atoms with Gasteiger partial charge in [0.1, 0.15) is 12.4 Å². The van der Waals surface area contributed by atoms with Gasteiger partial charge in [-0.2, -0.15) is 0 Å². The second-order valence-corrected chi connectivity index (χ2v) is 6.67. The number of likely N-dealkylation sites (tertiary alicyclic amines) is 1. The lowest BCUT2D eigenvalue weighted by molar-refractivity contribution is 0.153. The topological polar surface area (TPSA) is 37.4 Å². The van der Waals surface area contributed by atoms with Crippen molar-refractivity contribution in [2.45, 2.75) is 45.4 Å². The second-order valence-electron chi connectivity index (χ2n) is 6.67. The molecule has 0 aliphatic carbocycles. The second kappa shape index (κ2) is 9.54. The van der Waals surface area contributed by atoms with E-state index in [4.69, 9.17) is 4.74 Å². The third-order valence-electron chi connectivity index (χ3n) is 4.94. The number of pyridine rings is 1. The van der Waals surface area contributed by atoms with Gasteiger partial charge in [0.2, 0.25) is 0 Å². The Morgan fingerprint density at radius 2 is 2.12 bits per heavy atom. The van der Waals surface area contributed by atoms with Crippen molar-refractivity contribution in [3.63, 3.8) is 0 Å². The van der Waals surface area contributed by atoms with E-state index in [0.717, 1.165) is 30.9 Å². The highest BCUT2D eigenvalue weighted by molar-refractivity contribution is 5.33. The first-order chi connectivity index (χ1) is 12.4. The monoisotopic (exact) mass is 339 g/mol. The van der Waals surface area contributed by atoms with Gasteiger partial charge < -0.3 is 10.1 Å². The van der Waals surface area contributed by atoms with Crippen LogP contribution in [-0.4, -0.2) is 35.6 Å². The van der Waals surface area contributed by atoms with Gasteiger partial charge in [-0.3, -0.25) is 9.88 Å². The molecule has 1 aromatic carbocycles. The van der Waals surface area contributed by atoms with E-state index in [-0.39, 0.29) is 0 Å². The number of para-hydroxylation sites is 1. The van der Waals surface area contributed by atoms with Crippen molar-refractivity contribution in [3.05, 3.63) is 59.9 Å². The molecule has 0 saturated carbocycles. The molecule has 1 aliphatic rings. The molecule has 1 aliphatic heterocycles. The predicted octanol–water partition coefficient (Wildman–Crippen LogP) is 3.62. The minimum atomic E-state index is 0.553. The number of likely N-dealkylation sites (N-methyl/N-ethyl adjacent to an activating group) is 1. The molecule has 1 unspecified atom stereocenters. The standard InChI is InChI=1S/C21H29N3O/c1-2-24-13-6-5-10-20(24)16-23-15-19-9-3-4-11-21(19)25-17-18-8-7-12-22-14-18/h3-4,7-9,11-12,14,20,23H,2,5-6,10,13,15-17H2,1H3. The predicted molar refractivity (Wildman–Crippen MR) is 102 cm³/mol. The fraction of sp³-hybridized carbons (Fsp3) is 0.476. The first-order valence-corrected chi connectivity index (χ1v) is 9.41. The molecule has 1 fully saturated rings. The summed E-state index contributed by atoms with van der Waals surface area (Å²) >= 11 is 0. The summed E-state index contributed by atoms with van der Waals surface area (Å²) in [5.74, 6) is 0.954. The van der Waals surface area contributed by atoms with Crippen LogP contribution in [0.2, 0.25) is 0 Å². The number of nitrogens with one attached hydrogen (secondary N) is 1. The molecule has 4 nitrogen and oxygen atoms in total. The van der Waals surface area contributed by atoms with Crippen LogP contribution < -0.4 is 10.1 Å². The molecular weight excluding hydrogens is 310 g/mol. The van der Waals surface area contributed by atoms with Crippen LogP contribution in [0.3, 0.4) is 0 Å². The quantitative estimate of drug-likeness (QED) is 0.797. The van der Waals surface area contributed by atoms with Crippen LogP contribution in [0, 0.1) is 0 Å². The smallest absolute Gasteiger partial charge is 0.124 e. The number of rotatable bonds is 8. The summed E-state index contributed by atoms with van der Waals surface area (Å²) in [6, 6.07) is 12.9. The first kappa shape index (κ1) is 17.9. The maximum atomic E-state index is 6.02. The molecule has 1 N–H and O–H groups in total. The SMILES string of the molecule is CCN1CCCCC1CNCc1ccccc1OCc1cccnc1. The maximum Gasteiger partial charge on any atom is 0.124 e. The van der Waals surface area contributed by atoms with Gasteiger partial charge in [-0.1, -0.05) is 37.6 Å². The van der Waals surface area contributed by atoms with Gasteiger partial charge in [-0.25, -0.2) is 0 Å². The van der Waals surface area contributed by atoms with Gasteiger partial charge in [0.05, 0.1) is 0 Å². The average Bonchev–Trinajstić information content (AvgIpc) is 2.68. The zero-order chi connectivity index (χ0) is 17.3. The van der Waals surface area contributed by atoms with E-state index in [2.05, 4.69) is 34.3 Å². The van der Waals surface area contributed by atoms with Crippen molar-refractivity contribution in [3.8, 4) is 5.75 Å². The molecule has 0 bridgehead atoms. The van der Waals surface area contributed by atoms with E-state index in [9.17, 15) is 0 Å². The molecule has 0 radical (unpaired) electrons. The summed E-state index contributed by atoms with van der Waals surface area (Å²) in [6.45, 7) is 7.10. The Labute approximate surface area is 151 Å². The molecular formula is C21H29N3O. The Hall–Kier alpha value is -1.91. The van der Waals surface area contributed by atoms with Crippen LogP contribution in [0.15, 0.2) is 48.8 Å². The van der Waals surface area contributed by atoms with Crippen molar-refractivity contribution in [2.24, 2.45) is 0 Å². The van der Waals surface area contributed by atoms with Crippen LogP contribution in [-0.2, 0) is 13.2 Å². The fourth-order valence-corrected chi connectivity index (χ4v) is 3.52. The molecule has 4 heteroatoms. The fourth-order valence-electron chi connectivity index (χ4n) is 3.52. The van der Waals surface area contributed by atoms with Gasteiger partial charge in [0, 0.05) is 42.7 Å². The van der Waals surface area contributed by atoms with Gasteiger partial charge in [-0.05, 0) is 38.1 Å². The van der Waals surface area contributed by atoms with Gasteiger partial charge >= 0.3 is 0 Å². The first-order valence-electron chi connectivity index (χ1n) is 9.41. The lowest BCUT2D eigenvalue weighted by Crippen LogP contribution is -2.45. The number of piperidine rings is 1. The van der Waals surface area contributed by atoms with Crippen LogP contribution in [0.1, 0.15) is 37.3 Å². The lowest BCUT2D eigenvalue weighted by atomic mass is 10.0. The zero-order valence-electron chi connectivity index (χ0n) is 15.2. The number of ether oxygens (including phenoxy) is 1. The molecule has 134 valence electrons. The summed E-state index contributed by atoms with van der Waals surface area (Å²) < 4.78 is 6.02. The number of nitrogens with zero attached hydrogens (tertiary/aromatic N) is 2. The molecule has 25 heavy (non-hydrogen) atoms. The minimum absolute atomic E-state index is 0.553. The van der Waals surface area contributed by atoms with Crippen LogP contribution >= 0.6 is 0 Å². The summed E-state index contributed by atoms with van der Waals surface area (Å²) in [7, 11) is 0. The average molecular weight is 339 g/mol. The van der Waals surface area contributed by atoms with Crippen LogP contribution in [0.4, 0.5) is 0 Å². The van der Waals surface area contributed by atoms with Gasteiger partial charge in [0.15, 0.2) is 0 Å². The number of hydrogen-bond donors (Lipinski definition) is 1. The summed E-state index contributed by atoms with van der Waals surface area (Å²) in [5, 5.41) is 3.64. The van der Waals surface area contributed by atoms with Crippen molar-refractivity contribution < 1.29 is 4.74 Å². The molecule has 3 rings (SSSR count). The highest BCUT2D eigenvalue weighted by atomic mass is 16.5. The Bertz CT molecular complexity index is 632. The summed E-state index contributed by atoms with van der Waals surface area (Å²) in [4.78, 5) is 6.74. The highest BCUT2D eigenvalue weighted by Gasteiger charge is 2.20. The molecule has 1 saturated heterocycles. The number of hydrogen-bond acceptors (Lipinski definition) is 4. The molecule has 1 atom stereocenters. The molecule has 1 aromatic heterocycles. The number of benzene rings is 1. The van der Waals surface area contributed by atoms with Crippen molar-refractivity contribution in [1.82, 2.24) is 15.2 Å². The third-order valence-corrected chi connectivity index (χ3v) is 4.94. The Balaban J connectivity index is 1.52. The van der Waals surface area contributed by atoms with E-state index < -0.39 is 0 Å². The minimum Gasteiger partial charge on any atom is -0.489 e. The van der Waals surface area contributed by atoms with E-state index in [1.807, 2.05) is 30.5 Å². The molecule has 0 spiro atoms. The Kier molecular flexibility index (Phi) is 6.83. The van der Waals surface area contributed by atoms with Crippen LogP contribution in [0.5, 0.6) is 5.75 Å². The highest BCUT2D eigenvalue weighted by Crippen LogP contribution is 2.20. The Morgan fingerprint density at radius 1 is 1.20 bits per heavy atom. The Morgan fingerprint density at radius 3 is 2.96 bits per heavy atom.